The lowest BCUT2D eigenvalue weighted by Gasteiger charge is -2.11. The number of hydrogen-bond donors (Lipinski definition) is 1. The lowest BCUT2D eigenvalue weighted by atomic mass is 10.1. The molecule has 0 saturated carbocycles. The van der Waals surface area contributed by atoms with Crippen LogP contribution in [-0.4, -0.2) is 10.1 Å². The van der Waals surface area contributed by atoms with E-state index in [1.54, 1.807) is 0 Å². The van der Waals surface area contributed by atoms with Crippen LogP contribution in [0, 0.1) is 19.7 Å². The van der Waals surface area contributed by atoms with Crippen LogP contribution >= 0.6 is 15.9 Å². The van der Waals surface area contributed by atoms with Crippen LogP contribution in [-0.2, 0) is 6.61 Å². The van der Waals surface area contributed by atoms with Crippen molar-refractivity contribution in [2.45, 2.75) is 20.5 Å². The average Bonchev–Trinajstić information content (AvgIpc) is 2.38. The fraction of sp³-hybridized carbons (Fsp3) is 0.214. The first kappa shape index (κ1) is 14.0. The molecule has 0 aliphatic heterocycles. The number of benzene rings is 1. The van der Waals surface area contributed by atoms with Gasteiger partial charge >= 0.3 is 0 Å². The number of halogens is 2. The second-order valence-corrected chi connectivity index (χ2v) is 5.04. The van der Waals surface area contributed by atoms with E-state index in [-0.39, 0.29) is 12.5 Å². The molecule has 3 nitrogen and oxygen atoms in total. The highest BCUT2D eigenvalue weighted by atomic mass is 79.9. The van der Waals surface area contributed by atoms with Crippen molar-refractivity contribution in [3.63, 3.8) is 0 Å². The molecule has 100 valence electrons. The average molecular weight is 326 g/mol. The lowest BCUT2D eigenvalue weighted by molar-refractivity contribution is 0.274. The number of pyridine rings is 1. The van der Waals surface area contributed by atoms with Gasteiger partial charge in [-0.2, -0.15) is 0 Å². The zero-order valence-electron chi connectivity index (χ0n) is 10.6. The van der Waals surface area contributed by atoms with Crippen molar-refractivity contribution >= 4 is 15.9 Å². The molecule has 2 rings (SSSR count). The first-order valence-corrected chi connectivity index (χ1v) is 6.50. The second kappa shape index (κ2) is 5.67. The molecule has 0 spiro atoms. The molecular formula is C14H13BrFNO2. The monoisotopic (exact) mass is 325 g/mol. The minimum Gasteiger partial charge on any atom is -0.439 e. The SMILES string of the molecule is Cc1cc(Oc2ncc(F)cc2CO)cc(C)c1Br. The van der Waals surface area contributed by atoms with Crippen molar-refractivity contribution in [3.05, 3.63) is 51.4 Å². The molecule has 1 aromatic heterocycles. The van der Waals surface area contributed by atoms with E-state index in [0.717, 1.165) is 21.8 Å². The molecule has 5 heteroatoms. The number of aryl methyl sites for hydroxylation is 2. The zero-order valence-corrected chi connectivity index (χ0v) is 12.2. The van der Waals surface area contributed by atoms with Gasteiger partial charge in [0.05, 0.1) is 12.8 Å². The van der Waals surface area contributed by atoms with Crippen molar-refractivity contribution in [3.8, 4) is 11.6 Å². The molecule has 1 aromatic carbocycles. The zero-order chi connectivity index (χ0) is 14.0. The molecule has 2 aromatic rings. The topological polar surface area (TPSA) is 42.4 Å². The van der Waals surface area contributed by atoms with Gasteiger partial charge in [-0.1, -0.05) is 15.9 Å². The van der Waals surface area contributed by atoms with Crippen molar-refractivity contribution in [2.24, 2.45) is 0 Å². The molecule has 0 aliphatic rings. The van der Waals surface area contributed by atoms with E-state index in [4.69, 9.17) is 4.74 Å². The summed E-state index contributed by atoms with van der Waals surface area (Å²) in [5.41, 5.74) is 2.38. The van der Waals surface area contributed by atoms with E-state index >= 15 is 0 Å². The van der Waals surface area contributed by atoms with Crippen molar-refractivity contribution in [1.29, 1.82) is 0 Å². The van der Waals surface area contributed by atoms with Crippen LogP contribution < -0.4 is 4.74 Å². The Bertz CT molecular complexity index is 593. The summed E-state index contributed by atoms with van der Waals surface area (Å²) in [7, 11) is 0. The Kier molecular flexibility index (Phi) is 4.17. The highest BCUT2D eigenvalue weighted by Crippen LogP contribution is 2.30. The van der Waals surface area contributed by atoms with Crippen molar-refractivity contribution in [2.75, 3.05) is 0 Å². The third kappa shape index (κ3) is 3.11. The van der Waals surface area contributed by atoms with Gasteiger partial charge < -0.3 is 9.84 Å². The van der Waals surface area contributed by atoms with Crippen molar-refractivity contribution in [1.82, 2.24) is 4.98 Å². The lowest BCUT2D eigenvalue weighted by Crippen LogP contribution is -1.97. The fourth-order valence-corrected chi connectivity index (χ4v) is 1.98. The third-order valence-corrected chi connectivity index (χ3v) is 3.94. The summed E-state index contributed by atoms with van der Waals surface area (Å²) < 4.78 is 19.7. The molecule has 19 heavy (non-hydrogen) atoms. The van der Waals surface area contributed by atoms with Crippen LogP contribution in [0.3, 0.4) is 0 Å². The molecule has 0 bridgehead atoms. The summed E-state index contributed by atoms with van der Waals surface area (Å²) in [6.45, 7) is 3.58. The Morgan fingerprint density at radius 1 is 1.26 bits per heavy atom. The van der Waals surface area contributed by atoms with Gasteiger partial charge in [-0.15, -0.1) is 0 Å². The molecule has 1 heterocycles. The Morgan fingerprint density at radius 2 is 1.89 bits per heavy atom. The Hall–Kier alpha value is -1.46. The summed E-state index contributed by atoms with van der Waals surface area (Å²) >= 11 is 3.48. The Labute approximate surface area is 119 Å². The largest absolute Gasteiger partial charge is 0.439 e. The predicted octanol–water partition coefficient (Wildman–Crippen LogP) is 3.88. The summed E-state index contributed by atoms with van der Waals surface area (Å²) in [6.07, 6.45) is 1.06. The van der Waals surface area contributed by atoms with Gasteiger partial charge in [0.15, 0.2) is 0 Å². The van der Waals surface area contributed by atoms with Crippen LogP contribution in [0.15, 0.2) is 28.9 Å². The molecule has 0 unspecified atom stereocenters. The smallest absolute Gasteiger partial charge is 0.224 e. The Balaban J connectivity index is 2.36. The summed E-state index contributed by atoms with van der Waals surface area (Å²) in [5.74, 6) is 0.316. The predicted molar refractivity (Wildman–Crippen MR) is 73.8 cm³/mol. The highest BCUT2D eigenvalue weighted by molar-refractivity contribution is 9.10. The van der Waals surface area contributed by atoms with Gasteiger partial charge in [0.1, 0.15) is 11.6 Å². The molecule has 0 aliphatic carbocycles. The first-order chi connectivity index (χ1) is 9.01. The first-order valence-electron chi connectivity index (χ1n) is 5.71. The van der Waals surface area contributed by atoms with Crippen LogP contribution in [0.2, 0.25) is 0 Å². The molecule has 1 N–H and O–H groups in total. The minimum absolute atomic E-state index is 0.213. The van der Waals surface area contributed by atoms with Crippen LogP contribution in [0.1, 0.15) is 16.7 Å². The molecule has 0 amide bonds. The van der Waals surface area contributed by atoms with Gasteiger partial charge in [0.2, 0.25) is 5.88 Å². The maximum absolute atomic E-state index is 13.0. The number of rotatable bonds is 3. The quantitative estimate of drug-likeness (QED) is 0.931. The van der Waals surface area contributed by atoms with Gasteiger partial charge in [-0.05, 0) is 43.2 Å². The molecule has 0 fully saturated rings. The highest BCUT2D eigenvalue weighted by Gasteiger charge is 2.09. The molecular weight excluding hydrogens is 313 g/mol. The van der Waals surface area contributed by atoms with E-state index in [2.05, 4.69) is 20.9 Å². The third-order valence-electron chi connectivity index (χ3n) is 2.69. The minimum atomic E-state index is -0.500. The van der Waals surface area contributed by atoms with Gasteiger partial charge in [-0.3, -0.25) is 0 Å². The fourth-order valence-electron chi connectivity index (χ4n) is 1.75. The molecule has 0 saturated heterocycles. The van der Waals surface area contributed by atoms with Gasteiger partial charge in [0.25, 0.3) is 0 Å². The van der Waals surface area contributed by atoms with Gasteiger partial charge in [-0.25, -0.2) is 9.37 Å². The van der Waals surface area contributed by atoms with Crippen molar-refractivity contribution < 1.29 is 14.2 Å². The Morgan fingerprint density at radius 3 is 2.47 bits per heavy atom. The summed E-state index contributed by atoms with van der Waals surface area (Å²) in [5, 5.41) is 9.18. The summed E-state index contributed by atoms with van der Waals surface area (Å²) in [4.78, 5) is 3.86. The number of aliphatic hydroxyl groups is 1. The normalized spacial score (nSPS) is 10.6. The van der Waals surface area contributed by atoms with Crippen LogP contribution in [0.4, 0.5) is 4.39 Å². The van der Waals surface area contributed by atoms with Crippen LogP contribution in [0.5, 0.6) is 11.6 Å². The van der Waals surface area contributed by atoms with Gasteiger partial charge in [0, 0.05) is 10.0 Å². The van der Waals surface area contributed by atoms with E-state index in [9.17, 15) is 9.50 Å². The van der Waals surface area contributed by atoms with E-state index in [1.165, 1.54) is 6.07 Å². The number of aromatic nitrogens is 1. The van der Waals surface area contributed by atoms with E-state index < -0.39 is 5.82 Å². The number of aliphatic hydroxyl groups excluding tert-OH is 1. The molecule has 0 radical (unpaired) electrons. The number of hydrogen-bond acceptors (Lipinski definition) is 3. The molecule has 0 atom stereocenters. The number of nitrogens with zero attached hydrogens (tertiary/aromatic N) is 1. The van der Waals surface area contributed by atoms with E-state index in [1.807, 2.05) is 26.0 Å². The number of ether oxygens (including phenoxy) is 1. The second-order valence-electron chi connectivity index (χ2n) is 4.25. The van der Waals surface area contributed by atoms with Crippen LogP contribution in [0.25, 0.3) is 0 Å². The van der Waals surface area contributed by atoms with E-state index in [0.29, 0.717) is 11.3 Å². The summed E-state index contributed by atoms with van der Waals surface area (Å²) in [6, 6.07) is 4.91. The maximum atomic E-state index is 13.0. The maximum Gasteiger partial charge on any atom is 0.224 e. The standard InChI is InChI=1S/C14H13BrFNO2/c1-8-3-12(4-9(2)13(8)15)19-14-10(7-18)5-11(16)6-17-14/h3-6,18H,7H2,1-2H3.